The zero-order chi connectivity index (χ0) is 14.2. The number of ether oxygens (including phenoxy) is 1. The van der Waals surface area contributed by atoms with Gasteiger partial charge in [0.05, 0.1) is 12.8 Å². The van der Waals surface area contributed by atoms with E-state index in [0.29, 0.717) is 24.5 Å². The van der Waals surface area contributed by atoms with Gasteiger partial charge in [-0.05, 0) is 25.1 Å². The summed E-state index contributed by atoms with van der Waals surface area (Å²) in [6.07, 6.45) is 0.874. The molecule has 1 N–H and O–H groups in total. The molecule has 2 aliphatic heterocycles. The first-order valence-electron chi connectivity index (χ1n) is 6.78. The molecule has 0 saturated carbocycles. The van der Waals surface area contributed by atoms with Crippen molar-refractivity contribution in [2.45, 2.75) is 12.5 Å². The van der Waals surface area contributed by atoms with E-state index in [0.717, 1.165) is 19.5 Å². The number of nitrogens with one attached hydrogen (secondary N) is 1. The number of para-hydroxylation sites is 2. The third-order valence-corrected chi connectivity index (χ3v) is 5.90. The van der Waals surface area contributed by atoms with Crippen molar-refractivity contribution in [2.75, 3.05) is 37.6 Å². The zero-order valence-corrected chi connectivity index (χ0v) is 12.3. The Kier molecular flexibility index (Phi) is 3.57. The summed E-state index contributed by atoms with van der Waals surface area (Å²) >= 11 is 0. The lowest BCUT2D eigenvalue weighted by Crippen LogP contribution is -2.41. The molecule has 7 heteroatoms. The van der Waals surface area contributed by atoms with Gasteiger partial charge in [0.1, 0.15) is 5.75 Å². The van der Waals surface area contributed by atoms with Crippen LogP contribution in [0.1, 0.15) is 6.42 Å². The molecule has 3 rings (SSSR count). The predicted molar refractivity (Wildman–Crippen MR) is 77.2 cm³/mol. The summed E-state index contributed by atoms with van der Waals surface area (Å²) in [6, 6.07) is 7.30. The van der Waals surface area contributed by atoms with Crippen molar-refractivity contribution in [3.63, 3.8) is 0 Å². The SMILES string of the molecule is COc1ccccc1N1CCN(C2CCNC2)S1(=O)=O. The monoisotopic (exact) mass is 297 g/mol. The maximum absolute atomic E-state index is 12.7. The molecular formula is C13H19N3O3S. The molecule has 0 aliphatic carbocycles. The lowest BCUT2D eigenvalue weighted by Gasteiger charge is -2.24. The molecular weight excluding hydrogens is 278 g/mol. The predicted octanol–water partition coefficient (Wildman–Crippen LogP) is 0.424. The zero-order valence-electron chi connectivity index (χ0n) is 11.4. The highest BCUT2D eigenvalue weighted by molar-refractivity contribution is 7.90. The highest BCUT2D eigenvalue weighted by Crippen LogP contribution is 2.34. The molecule has 1 atom stereocenters. The summed E-state index contributed by atoms with van der Waals surface area (Å²) in [5.41, 5.74) is 0.614. The van der Waals surface area contributed by atoms with Gasteiger partial charge in [0.2, 0.25) is 0 Å². The Balaban J connectivity index is 1.92. The number of hydrogen-bond acceptors (Lipinski definition) is 4. The number of anilines is 1. The Morgan fingerprint density at radius 1 is 1.30 bits per heavy atom. The van der Waals surface area contributed by atoms with Crippen LogP contribution in [0.25, 0.3) is 0 Å². The Morgan fingerprint density at radius 3 is 2.80 bits per heavy atom. The van der Waals surface area contributed by atoms with Gasteiger partial charge in [-0.2, -0.15) is 12.7 Å². The largest absolute Gasteiger partial charge is 0.495 e. The van der Waals surface area contributed by atoms with Crippen molar-refractivity contribution < 1.29 is 13.2 Å². The van der Waals surface area contributed by atoms with Gasteiger partial charge in [-0.3, -0.25) is 4.31 Å². The fourth-order valence-corrected chi connectivity index (χ4v) is 4.72. The summed E-state index contributed by atoms with van der Waals surface area (Å²) in [5.74, 6) is 0.586. The van der Waals surface area contributed by atoms with Crippen molar-refractivity contribution >= 4 is 15.9 Å². The van der Waals surface area contributed by atoms with Gasteiger partial charge in [-0.15, -0.1) is 0 Å². The molecule has 0 bridgehead atoms. The topological polar surface area (TPSA) is 61.9 Å². The third-order valence-electron chi connectivity index (χ3n) is 3.89. The molecule has 1 unspecified atom stereocenters. The molecule has 2 saturated heterocycles. The van der Waals surface area contributed by atoms with Crippen LogP contribution in [0.5, 0.6) is 5.75 Å². The molecule has 20 heavy (non-hydrogen) atoms. The van der Waals surface area contributed by atoms with Crippen LogP contribution < -0.4 is 14.4 Å². The second-order valence-corrected chi connectivity index (χ2v) is 6.81. The maximum Gasteiger partial charge on any atom is 0.304 e. The highest BCUT2D eigenvalue weighted by Gasteiger charge is 2.42. The Hall–Kier alpha value is -1.31. The molecule has 110 valence electrons. The number of hydrogen-bond donors (Lipinski definition) is 1. The minimum atomic E-state index is -3.45. The van der Waals surface area contributed by atoms with E-state index in [1.54, 1.807) is 23.5 Å². The van der Waals surface area contributed by atoms with E-state index < -0.39 is 10.2 Å². The van der Waals surface area contributed by atoms with Crippen molar-refractivity contribution in [1.29, 1.82) is 0 Å². The first-order chi connectivity index (χ1) is 9.64. The van der Waals surface area contributed by atoms with E-state index in [2.05, 4.69) is 5.32 Å². The molecule has 2 fully saturated rings. The summed E-state index contributed by atoms with van der Waals surface area (Å²) in [4.78, 5) is 0. The van der Waals surface area contributed by atoms with Crippen LogP contribution >= 0.6 is 0 Å². The van der Waals surface area contributed by atoms with Crippen LogP contribution in [-0.4, -0.2) is 52.1 Å². The van der Waals surface area contributed by atoms with Crippen molar-refractivity contribution in [3.05, 3.63) is 24.3 Å². The molecule has 0 spiro atoms. The van der Waals surface area contributed by atoms with Crippen LogP contribution in [0, 0.1) is 0 Å². The lowest BCUT2D eigenvalue weighted by atomic mass is 10.2. The lowest BCUT2D eigenvalue weighted by molar-refractivity contribution is 0.365. The summed E-state index contributed by atoms with van der Waals surface area (Å²) in [5, 5.41) is 3.21. The van der Waals surface area contributed by atoms with E-state index in [4.69, 9.17) is 4.74 Å². The van der Waals surface area contributed by atoms with Gasteiger partial charge in [0.25, 0.3) is 0 Å². The molecule has 0 radical (unpaired) electrons. The molecule has 6 nitrogen and oxygen atoms in total. The molecule has 2 aliphatic rings. The Bertz CT molecular complexity index is 584. The van der Waals surface area contributed by atoms with Crippen molar-refractivity contribution in [3.8, 4) is 5.75 Å². The van der Waals surface area contributed by atoms with E-state index in [9.17, 15) is 8.42 Å². The molecule has 0 amide bonds. The third kappa shape index (κ3) is 2.15. The smallest absolute Gasteiger partial charge is 0.304 e. The minimum Gasteiger partial charge on any atom is -0.495 e. The quantitative estimate of drug-likeness (QED) is 0.878. The Morgan fingerprint density at radius 2 is 2.10 bits per heavy atom. The standard InChI is InChI=1S/C13H19N3O3S/c1-19-13-5-3-2-4-12(13)16-9-8-15(20(16,17)18)11-6-7-14-10-11/h2-5,11,14H,6-10H2,1H3. The first kappa shape index (κ1) is 13.7. The van der Waals surface area contributed by atoms with Crippen LogP contribution in [0.4, 0.5) is 5.69 Å². The molecule has 1 aromatic rings. The van der Waals surface area contributed by atoms with Crippen LogP contribution in [0.15, 0.2) is 24.3 Å². The van der Waals surface area contributed by atoms with Crippen LogP contribution in [-0.2, 0) is 10.2 Å². The van der Waals surface area contributed by atoms with Gasteiger partial charge < -0.3 is 10.1 Å². The normalized spacial score (nSPS) is 26.1. The fraction of sp³-hybridized carbons (Fsp3) is 0.538. The van der Waals surface area contributed by atoms with Crippen LogP contribution in [0.3, 0.4) is 0 Å². The number of methoxy groups -OCH3 is 1. The van der Waals surface area contributed by atoms with E-state index >= 15 is 0 Å². The average molecular weight is 297 g/mol. The summed E-state index contributed by atoms with van der Waals surface area (Å²) in [7, 11) is -1.89. The Labute approximate surface area is 119 Å². The van der Waals surface area contributed by atoms with E-state index in [1.807, 2.05) is 12.1 Å². The van der Waals surface area contributed by atoms with Gasteiger partial charge >= 0.3 is 10.2 Å². The molecule has 1 aromatic carbocycles. The van der Waals surface area contributed by atoms with Crippen molar-refractivity contribution in [1.82, 2.24) is 9.62 Å². The van der Waals surface area contributed by atoms with E-state index in [-0.39, 0.29) is 6.04 Å². The van der Waals surface area contributed by atoms with Gasteiger partial charge in [0, 0.05) is 25.7 Å². The molecule has 2 heterocycles. The first-order valence-corrected chi connectivity index (χ1v) is 8.17. The van der Waals surface area contributed by atoms with Gasteiger partial charge in [-0.1, -0.05) is 12.1 Å². The van der Waals surface area contributed by atoms with Gasteiger partial charge in [0.15, 0.2) is 0 Å². The van der Waals surface area contributed by atoms with E-state index in [1.165, 1.54) is 4.31 Å². The number of rotatable bonds is 3. The highest BCUT2D eigenvalue weighted by atomic mass is 32.2. The second-order valence-electron chi connectivity index (χ2n) is 5.01. The van der Waals surface area contributed by atoms with Gasteiger partial charge in [-0.25, -0.2) is 0 Å². The summed E-state index contributed by atoms with van der Waals surface area (Å²) < 4.78 is 33.8. The van der Waals surface area contributed by atoms with Crippen molar-refractivity contribution in [2.24, 2.45) is 0 Å². The number of nitrogens with zero attached hydrogens (tertiary/aromatic N) is 2. The molecule has 0 aromatic heterocycles. The fourth-order valence-electron chi connectivity index (χ4n) is 2.88. The number of benzene rings is 1. The minimum absolute atomic E-state index is 0.0692. The maximum atomic E-state index is 12.7. The average Bonchev–Trinajstić information content (AvgIpc) is 3.05. The second kappa shape index (κ2) is 5.23. The summed E-state index contributed by atoms with van der Waals surface area (Å²) in [6.45, 7) is 2.62. The van der Waals surface area contributed by atoms with Crippen LogP contribution in [0.2, 0.25) is 0 Å².